The van der Waals surface area contributed by atoms with Gasteiger partial charge in [0.15, 0.2) is 0 Å². The lowest BCUT2D eigenvalue weighted by Gasteiger charge is -2.26. The van der Waals surface area contributed by atoms with Crippen molar-refractivity contribution in [3.05, 3.63) is 83.4 Å². The highest BCUT2D eigenvalue weighted by atomic mass is 32.1. The lowest BCUT2D eigenvalue weighted by atomic mass is 10.0. The number of aromatic nitrogens is 5. The van der Waals surface area contributed by atoms with Gasteiger partial charge in [-0.1, -0.05) is 12.1 Å². The van der Waals surface area contributed by atoms with Crippen molar-refractivity contribution in [2.24, 2.45) is 0 Å². The fraction of sp³-hybridized carbons (Fsp3) is 0.323. The average Bonchev–Trinajstić information content (AvgIpc) is 3.48. The van der Waals surface area contributed by atoms with Crippen LogP contribution in [0.1, 0.15) is 22.6 Å². The van der Waals surface area contributed by atoms with Crippen LogP contribution in [0.3, 0.4) is 0 Å². The van der Waals surface area contributed by atoms with Gasteiger partial charge in [0.1, 0.15) is 17.0 Å². The second kappa shape index (κ2) is 12.0. The molecule has 0 aliphatic carbocycles. The van der Waals surface area contributed by atoms with Crippen molar-refractivity contribution in [1.29, 1.82) is 0 Å². The van der Waals surface area contributed by atoms with E-state index in [2.05, 4.69) is 48.5 Å². The largest absolute Gasteiger partial charge is 0.380 e. The van der Waals surface area contributed by atoms with Gasteiger partial charge in [0.2, 0.25) is 5.91 Å². The Kier molecular flexibility index (Phi) is 7.60. The maximum Gasteiger partial charge on any atom is 0.246 e. The Bertz CT molecular complexity index is 1740. The Hall–Kier alpha value is -4.19. The summed E-state index contributed by atoms with van der Waals surface area (Å²) in [5.41, 5.74) is 4.19. The van der Waals surface area contributed by atoms with Crippen LogP contribution in [0.4, 0.5) is 11.5 Å². The van der Waals surface area contributed by atoms with Crippen molar-refractivity contribution in [2.75, 3.05) is 44.7 Å². The molecule has 0 atom stereocenters. The van der Waals surface area contributed by atoms with Crippen LogP contribution in [-0.4, -0.2) is 79.8 Å². The normalized spacial score (nSPS) is 16.2. The maximum absolute atomic E-state index is 13.0. The zero-order chi connectivity index (χ0) is 28.3. The summed E-state index contributed by atoms with van der Waals surface area (Å²) in [5, 5.41) is 10.2. The van der Waals surface area contributed by atoms with E-state index in [1.807, 2.05) is 40.1 Å². The van der Waals surface area contributed by atoms with E-state index >= 15 is 0 Å². The summed E-state index contributed by atoms with van der Waals surface area (Å²) in [5.74, 6) is 0.851. The van der Waals surface area contributed by atoms with E-state index in [1.54, 1.807) is 29.9 Å². The number of benzene rings is 1. The molecule has 0 unspecified atom stereocenters. The number of thiophene rings is 1. The molecule has 0 bridgehead atoms. The van der Waals surface area contributed by atoms with Crippen molar-refractivity contribution >= 4 is 49.9 Å². The molecule has 5 aromatic rings. The first-order valence-corrected chi connectivity index (χ1v) is 15.2. The van der Waals surface area contributed by atoms with Gasteiger partial charge in [-0.2, -0.15) is 5.10 Å². The minimum atomic E-state index is 0.0607. The number of anilines is 2. The van der Waals surface area contributed by atoms with Gasteiger partial charge in [0, 0.05) is 61.0 Å². The van der Waals surface area contributed by atoms with Gasteiger partial charge in [-0.3, -0.25) is 19.4 Å². The molecule has 11 heteroatoms. The van der Waals surface area contributed by atoms with Crippen LogP contribution < -0.4 is 5.32 Å². The molecule has 4 aromatic heterocycles. The van der Waals surface area contributed by atoms with Crippen molar-refractivity contribution in [1.82, 2.24) is 34.5 Å². The number of nitrogens with zero attached hydrogens (tertiary/aromatic N) is 7. The first-order chi connectivity index (χ1) is 20.7. The monoisotopic (exact) mass is 580 g/mol. The van der Waals surface area contributed by atoms with Crippen LogP contribution in [0, 0.1) is 0 Å². The molecule has 7 rings (SSSR count). The molecular weight excluding hydrogens is 548 g/mol. The summed E-state index contributed by atoms with van der Waals surface area (Å²) < 4.78 is 7.49. The number of hydrogen-bond donors (Lipinski definition) is 1. The van der Waals surface area contributed by atoms with Crippen LogP contribution in [0.2, 0.25) is 0 Å². The van der Waals surface area contributed by atoms with Crippen LogP contribution in [-0.2, 0) is 29.0 Å². The molecule has 0 radical (unpaired) electrons. The summed E-state index contributed by atoms with van der Waals surface area (Å²) in [7, 11) is 0. The second-order valence-corrected chi connectivity index (χ2v) is 11.7. The van der Waals surface area contributed by atoms with Gasteiger partial charge >= 0.3 is 0 Å². The van der Waals surface area contributed by atoms with Gasteiger partial charge in [0.05, 0.1) is 42.5 Å². The van der Waals surface area contributed by atoms with E-state index in [9.17, 15) is 4.79 Å². The molecule has 2 aliphatic heterocycles. The minimum absolute atomic E-state index is 0.0607. The van der Waals surface area contributed by atoms with Gasteiger partial charge in [-0.25, -0.2) is 9.97 Å². The predicted molar refractivity (Wildman–Crippen MR) is 164 cm³/mol. The van der Waals surface area contributed by atoms with Crippen LogP contribution in [0.15, 0.2) is 67.3 Å². The molecule has 214 valence electrons. The second-order valence-electron chi connectivity index (χ2n) is 10.6. The predicted octanol–water partition coefficient (Wildman–Crippen LogP) is 4.39. The summed E-state index contributed by atoms with van der Waals surface area (Å²) in [4.78, 5) is 33.0. The fourth-order valence-electron chi connectivity index (χ4n) is 5.67. The average molecular weight is 581 g/mol. The Morgan fingerprint density at radius 3 is 3.00 bits per heavy atom. The first kappa shape index (κ1) is 26.7. The molecule has 1 aromatic carbocycles. The number of carbonyl (C=O) groups excluding carboxylic acids is 1. The fourth-order valence-corrected chi connectivity index (χ4v) is 6.87. The molecule has 1 fully saturated rings. The smallest absolute Gasteiger partial charge is 0.246 e. The van der Waals surface area contributed by atoms with Gasteiger partial charge < -0.3 is 15.0 Å². The van der Waals surface area contributed by atoms with E-state index in [1.165, 1.54) is 10.4 Å². The number of amides is 1. The number of hydrogen-bond acceptors (Lipinski definition) is 9. The van der Waals surface area contributed by atoms with Crippen LogP contribution in [0.5, 0.6) is 0 Å². The lowest BCUT2D eigenvalue weighted by molar-refractivity contribution is -0.126. The number of ether oxygens (including phenoxy) is 1. The van der Waals surface area contributed by atoms with E-state index in [4.69, 9.17) is 4.74 Å². The van der Waals surface area contributed by atoms with Crippen molar-refractivity contribution in [3.8, 4) is 0 Å². The van der Waals surface area contributed by atoms with Crippen LogP contribution >= 0.6 is 11.3 Å². The van der Waals surface area contributed by atoms with E-state index in [-0.39, 0.29) is 5.91 Å². The molecule has 0 saturated carbocycles. The zero-order valence-corrected chi connectivity index (χ0v) is 24.1. The third-order valence-corrected chi connectivity index (χ3v) is 8.95. The van der Waals surface area contributed by atoms with E-state index in [0.717, 1.165) is 84.0 Å². The Morgan fingerprint density at radius 2 is 2.07 bits per heavy atom. The first-order valence-electron chi connectivity index (χ1n) is 14.3. The Balaban J connectivity index is 1.06. The maximum atomic E-state index is 13.0. The summed E-state index contributed by atoms with van der Waals surface area (Å²) in [6.07, 6.45) is 10.8. The molecule has 1 saturated heterocycles. The van der Waals surface area contributed by atoms with Crippen molar-refractivity contribution < 1.29 is 9.53 Å². The molecule has 2 aliphatic rings. The third kappa shape index (κ3) is 5.63. The number of pyridine rings is 1. The van der Waals surface area contributed by atoms with Gasteiger partial charge in [0.25, 0.3) is 0 Å². The topological polar surface area (TPSA) is 101 Å². The molecule has 1 N–H and O–H groups in total. The standard InChI is InChI=1S/C31H32N8O2S/c40-28(6-3-11-37-12-4-15-41-16-14-37)38-13-9-25-27(20-38)42-31-29(25)30(33-21-34-31)36-23-7-8-26-22(17-23)18-35-39(26)19-24-5-1-2-10-32-24/h1-3,5-8,10,17-18,21H,4,9,11-16,19-20H2,(H,33,34,36)/b6-3+. The van der Waals surface area contributed by atoms with Crippen LogP contribution in [0.25, 0.3) is 21.1 Å². The van der Waals surface area contributed by atoms with Crippen molar-refractivity contribution in [2.45, 2.75) is 25.9 Å². The van der Waals surface area contributed by atoms with E-state index in [0.29, 0.717) is 19.6 Å². The molecule has 6 heterocycles. The molecule has 0 spiro atoms. The zero-order valence-electron chi connectivity index (χ0n) is 23.3. The molecule has 10 nitrogen and oxygen atoms in total. The quantitative estimate of drug-likeness (QED) is 0.283. The summed E-state index contributed by atoms with van der Waals surface area (Å²) in [6, 6.07) is 12.1. The highest BCUT2D eigenvalue weighted by Gasteiger charge is 2.25. The summed E-state index contributed by atoms with van der Waals surface area (Å²) >= 11 is 1.65. The minimum Gasteiger partial charge on any atom is -0.380 e. The number of fused-ring (bicyclic) bond motifs is 4. The number of carbonyl (C=O) groups is 1. The molecule has 1 amide bonds. The van der Waals surface area contributed by atoms with Crippen molar-refractivity contribution in [3.63, 3.8) is 0 Å². The molecular formula is C31H32N8O2S. The SMILES string of the molecule is O=C(/C=C/CN1CCCOCC1)N1CCc2c(sc3ncnc(Nc4ccc5c(cnn5Cc5ccccn5)c4)c23)C1. The highest BCUT2D eigenvalue weighted by Crippen LogP contribution is 2.38. The van der Waals surface area contributed by atoms with Gasteiger partial charge in [-0.05, 0) is 48.7 Å². The van der Waals surface area contributed by atoms with Gasteiger partial charge in [-0.15, -0.1) is 11.3 Å². The Morgan fingerprint density at radius 1 is 1.10 bits per heavy atom. The Labute approximate surface area is 247 Å². The third-order valence-electron chi connectivity index (χ3n) is 7.83. The number of nitrogens with one attached hydrogen (secondary N) is 1. The number of rotatable bonds is 7. The van der Waals surface area contributed by atoms with E-state index < -0.39 is 0 Å². The lowest BCUT2D eigenvalue weighted by Crippen LogP contribution is -2.34. The summed E-state index contributed by atoms with van der Waals surface area (Å²) in [6.45, 7) is 6.16. The highest BCUT2D eigenvalue weighted by molar-refractivity contribution is 7.19. The molecule has 42 heavy (non-hydrogen) atoms.